The number of sulfone groups is 1. The topological polar surface area (TPSA) is 101 Å². The van der Waals surface area contributed by atoms with Gasteiger partial charge in [0.15, 0.2) is 9.84 Å². The van der Waals surface area contributed by atoms with Crippen molar-refractivity contribution in [3.05, 3.63) is 48.3 Å². The molecule has 26 heavy (non-hydrogen) atoms. The second kappa shape index (κ2) is 6.80. The molecular formula is C18H19N3O4S. The number of imidazole rings is 1. The molecule has 0 aliphatic carbocycles. The van der Waals surface area contributed by atoms with E-state index in [1.54, 1.807) is 11.5 Å². The lowest BCUT2D eigenvalue weighted by Gasteiger charge is -2.11. The van der Waals surface area contributed by atoms with Crippen molar-refractivity contribution < 1.29 is 18.3 Å². The third-order valence-corrected chi connectivity index (χ3v) is 5.86. The van der Waals surface area contributed by atoms with Gasteiger partial charge in [0.05, 0.1) is 27.4 Å². The molecule has 0 bridgehead atoms. The molecule has 2 N–H and O–H groups in total. The summed E-state index contributed by atoms with van der Waals surface area (Å²) < 4.78 is 25.7. The van der Waals surface area contributed by atoms with Crippen LogP contribution in [-0.2, 0) is 21.2 Å². The predicted molar refractivity (Wildman–Crippen MR) is 98.9 cm³/mol. The van der Waals surface area contributed by atoms with Crippen molar-refractivity contribution >= 4 is 32.5 Å². The molecule has 0 fully saturated rings. The summed E-state index contributed by atoms with van der Waals surface area (Å²) in [6, 6.07) is 11.3. The molecule has 3 aromatic rings. The number of phenols is 1. The number of benzene rings is 2. The maximum absolute atomic E-state index is 12.4. The number of anilines is 1. The Balaban J connectivity index is 1.86. The fraction of sp³-hybridized carbons (Fsp3) is 0.222. The monoisotopic (exact) mass is 373 g/mol. The van der Waals surface area contributed by atoms with E-state index in [9.17, 15) is 18.3 Å². The molecule has 7 nitrogen and oxygen atoms in total. The molecule has 2 aromatic carbocycles. The second-order valence-corrected chi connectivity index (χ2v) is 8.14. The number of aryl methyl sites for hydroxylation is 1. The number of carbonyl (C=O) groups excluding carboxylic acids is 1. The first-order valence-electron chi connectivity index (χ1n) is 8.09. The highest BCUT2D eigenvalue weighted by molar-refractivity contribution is 7.91. The van der Waals surface area contributed by atoms with Gasteiger partial charge in [0, 0.05) is 0 Å². The van der Waals surface area contributed by atoms with Crippen molar-refractivity contribution in [2.45, 2.75) is 25.3 Å². The lowest BCUT2D eigenvalue weighted by Crippen LogP contribution is -2.19. The minimum Gasteiger partial charge on any atom is -0.506 e. The maximum atomic E-state index is 12.4. The van der Waals surface area contributed by atoms with Crippen molar-refractivity contribution in [1.29, 1.82) is 0 Å². The summed E-state index contributed by atoms with van der Waals surface area (Å²) in [5.74, 6) is 0.0388. The van der Waals surface area contributed by atoms with E-state index in [4.69, 9.17) is 0 Å². The van der Waals surface area contributed by atoms with E-state index in [0.717, 1.165) is 11.0 Å². The van der Waals surface area contributed by atoms with Gasteiger partial charge in [0.25, 0.3) is 0 Å². The third kappa shape index (κ3) is 3.41. The van der Waals surface area contributed by atoms with E-state index in [1.165, 1.54) is 25.1 Å². The van der Waals surface area contributed by atoms with Crippen LogP contribution < -0.4 is 5.32 Å². The number of phenolic OH excluding ortho intramolecular Hbond substituents is 1. The highest BCUT2D eigenvalue weighted by Gasteiger charge is 2.16. The number of hydrogen-bond donors (Lipinski definition) is 2. The molecule has 136 valence electrons. The number of nitrogens with one attached hydrogen (secondary N) is 1. The fourth-order valence-corrected chi connectivity index (χ4v) is 3.61. The highest BCUT2D eigenvalue weighted by Crippen LogP contribution is 2.27. The number of amides is 1. The summed E-state index contributed by atoms with van der Waals surface area (Å²) >= 11 is 0. The minimum absolute atomic E-state index is 0.00343. The van der Waals surface area contributed by atoms with E-state index in [1.807, 2.05) is 24.3 Å². The van der Waals surface area contributed by atoms with Crippen molar-refractivity contribution in [3.8, 4) is 5.75 Å². The Hall–Kier alpha value is -2.87. The van der Waals surface area contributed by atoms with E-state index < -0.39 is 15.7 Å². The average molecular weight is 373 g/mol. The summed E-state index contributed by atoms with van der Waals surface area (Å²) in [5, 5.41) is 12.5. The highest BCUT2D eigenvalue weighted by atomic mass is 32.2. The summed E-state index contributed by atoms with van der Waals surface area (Å²) in [6.07, 6.45) is 0. The lowest BCUT2D eigenvalue weighted by atomic mass is 10.3. The van der Waals surface area contributed by atoms with Gasteiger partial charge in [0.1, 0.15) is 18.1 Å². The molecule has 0 atom stereocenters. The number of rotatable bonds is 5. The van der Waals surface area contributed by atoms with Crippen LogP contribution in [0.4, 0.5) is 5.69 Å². The molecule has 1 amide bonds. The Morgan fingerprint density at radius 1 is 1.23 bits per heavy atom. The molecule has 0 aliphatic rings. The number of para-hydroxylation sites is 2. The molecule has 0 saturated heterocycles. The molecule has 8 heteroatoms. The summed E-state index contributed by atoms with van der Waals surface area (Å²) in [6.45, 7) is 3.34. The molecule has 0 spiro atoms. The molecule has 0 saturated carbocycles. The fourth-order valence-electron chi connectivity index (χ4n) is 2.70. The van der Waals surface area contributed by atoms with Gasteiger partial charge in [-0.1, -0.05) is 19.1 Å². The SMILES string of the molecule is CCS(=O)(=O)c1ccc(O)c(NC(=O)Cn2c(C)nc3ccccc32)c1. The average Bonchev–Trinajstić information content (AvgIpc) is 2.92. The Labute approximate surface area is 151 Å². The van der Waals surface area contributed by atoms with Gasteiger partial charge in [-0.25, -0.2) is 13.4 Å². The van der Waals surface area contributed by atoms with Gasteiger partial charge in [-0.2, -0.15) is 0 Å². The quantitative estimate of drug-likeness (QED) is 0.669. The van der Waals surface area contributed by atoms with Crippen LogP contribution in [0.5, 0.6) is 5.75 Å². The number of fused-ring (bicyclic) bond motifs is 1. The maximum Gasteiger partial charge on any atom is 0.244 e. The van der Waals surface area contributed by atoms with Gasteiger partial charge < -0.3 is 15.0 Å². The minimum atomic E-state index is -3.44. The van der Waals surface area contributed by atoms with Crippen molar-refractivity contribution in [1.82, 2.24) is 9.55 Å². The van der Waals surface area contributed by atoms with E-state index in [0.29, 0.717) is 5.82 Å². The number of aromatic hydroxyl groups is 1. The number of carbonyl (C=O) groups is 1. The zero-order valence-corrected chi connectivity index (χ0v) is 15.2. The summed E-state index contributed by atoms with van der Waals surface area (Å²) in [7, 11) is -3.44. The van der Waals surface area contributed by atoms with E-state index >= 15 is 0 Å². The Morgan fingerprint density at radius 3 is 2.69 bits per heavy atom. The van der Waals surface area contributed by atoms with Gasteiger partial charge in [-0.05, 0) is 37.3 Å². The zero-order chi connectivity index (χ0) is 18.9. The Bertz CT molecular complexity index is 1090. The molecule has 0 unspecified atom stereocenters. The molecule has 0 radical (unpaired) electrons. The van der Waals surface area contributed by atoms with Gasteiger partial charge >= 0.3 is 0 Å². The standard InChI is InChI=1S/C18H19N3O4S/c1-3-26(24,25)13-8-9-17(22)15(10-13)20-18(23)11-21-12(2)19-14-6-4-5-7-16(14)21/h4-10,22H,3,11H2,1-2H3,(H,20,23). The van der Waals surface area contributed by atoms with Gasteiger partial charge in [-0.15, -0.1) is 0 Å². The zero-order valence-electron chi connectivity index (χ0n) is 14.4. The van der Waals surface area contributed by atoms with Crippen LogP contribution in [0.3, 0.4) is 0 Å². The van der Waals surface area contributed by atoms with Gasteiger partial charge in [0.2, 0.25) is 5.91 Å². The summed E-state index contributed by atoms with van der Waals surface area (Å²) in [4.78, 5) is 16.9. The lowest BCUT2D eigenvalue weighted by molar-refractivity contribution is -0.116. The van der Waals surface area contributed by atoms with Crippen molar-refractivity contribution in [3.63, 3.8) is 0 Å². The van der Waals surface area contributed by atoms with E-state index in [-0.39, 0.29) is 28.6 Å². The van der Waals surface area contributed by atoms with Crippen molar-refractivity contribution in [2.75, 3.05) is 11.1 Å². The second-order valence-electron chi connectivity index (χ2n) is 5.86. The van der Waals surface area contributed by atoms with Crippen LogP contribution in [0, 0.1) is 6.92 Å². The third-order valence-electron chi connectivity index (χ3n) is 4.13. The van der Waals surface area contributed by atoms with Crippen LogP contribution in [0.15, 0.2) is 47.4 Å². The molecule has 0 aliphatic heterocycles. The number of nitrogens with zero attached hydrogens (tertiary/aromatic N) is 2. The molecule has 1 aromatic heterocycles. The Morgan fingerprint density at radius 2 is 1.96 bits per heavy atom. The molecular weight excluding hydrogens is 354 g/mol. The Kier molecular flexibility index (Phi) is 4.69. The first-order chi connectivity index (χ1) is 12.3. The molecule has 1 heterocycles. The predicted octanol–water partition coefficient (Wildman–Crippen LogP) is 2.48. The van der Waals surface area contributed by atoms with E-state index in [2.05, 4.69) is 10.3 Å². The van der Waals surface area contributed by atoms with Crippen LogP contribution in [-0.4, -0.2) is 34.7 Å². The first-order valence-corrected chi connectivity index (χ1v) is 9.74. The van der Waals surface area contributed by atoms with Crippen LogP contribution in [0.2, 0.25) is 0 Å². The van der Waals surface area contributed by atoms with Crippen molar-refractivity contribution in [2.24, 2.45) is 0 Å². The largest absolute Gasteiger partial charge is 0.506 e. The van der Waals surface area contributed by atoms with Crippen LogP contribution in [0.25, 0.3) is 11.0 Å². The summed E-state index contributed by atoms with van der Waals surface area (Å²) in [5.41, 5.74) is 1.68. The molecule has 3 rings (SSSR count). The number of aromatic nitrogens is 2. The van der Waals surface area contributed by atoms with Crippen LogP contribution >= 0.6 is 0 Å². The smallest absolute Gasteiger partial charge is 0.244 e. The normalized spacial score (nSPS) is 11.6. The van der Waals surface area contributed by atoms with Crippen LogP contribution in [0.1, 0.15) is 12.7 Å². The number of hydrogen-bond acceptors (Lipinski definition) is 5. The van der Waals surface area contributed by atoms with Gasteiger partial charge in [-0.3, -0.25) is 4.79 Å². The first kappa shape index (κ1) is 17.9.